The van der Waals surface area contributed by atoms with Gasteiger partial charge in [-0.25, -0.2) is 9.79 Å². The van der Waals surface area contributed by atoms with Gasteiger partial charge in [0.25, 0.3) is 6.02 Å². The number of aliphatic imine (C=N–C) groups is 1. The van der Waals surface area contributed by atoms with Crippen LogP contribution in [0.1, 0.15) is 219 Å². The van der Waals surface area contributed by atoms with E-state index in [4.69, 9.17) is 15.2 Å². The van der Waals surface area contributed by atoms with Crippen molar-refractivity contribution in [3.63, 3.8) is 0 Å². The molecule has 4 N–H and O–H groups in total. The monoisotopic (exact) mass is 944 g/mol. The van der Waals surface area contributed by atoms with Crippen LogP contribution in [0.2, 0.25) is 0 Å². The van der Waals surface area contributed by atoms with Crippen molar-refractivity contribution in [2.75, 3.05) is 18.8 Å². The highest BCUT2D eigenvalue weighted by molar-refractivity contribution is 8.76. The molecule has 4 aliphatic rings. The first-order valence-corrected chi connectivity index (χ1v) is 29.2. The summed E-state index contributed by atoms with van der Waals surface area (Å²) < 4.78 is 11.2. The van der Waals surface area contributed by atoms with Gasteiger partial charge in [-0.1, -0.05) is 113 Å². The summed E-state index contributed by atoms with van der Waals surface area (Å²) in [5.41, 5.74) is 8.02. The first-order valence-electron chi connectivity index (χ1n) is 26.8. The van der Waals surface area contributed by atoms with Gasteiger partial charge in [-0.05, 0) is 185 Å². The van der Waals surface area contributed by atoms with Crippen LogP contribution in [-0.2, 0) is 9.47 Å². The third kappa shape index (κ3) is 17.1. The molecule has 0 aliphatic heterocycles. The zero-order valence-electron chi connectivity index (χ0n) is 44.4. The van der Waals surface area contributed by atoms with Gasteiger partial charge in [0, 0.05) is 36.6 Å². The first-order chi connectivity index (χ1) is 30.5. The van der Waals surface area contributed by atoms with Gasteiger partial charge in [0.05, 0.1) is 11.9 Å². The average Bonchev–Trinajstić information content (AvgIpc) is 3.56. The van der Waals surface area contributed by atoms with Crippen LogP contribution in [0.3, 0.4) is 0 Å². The molecule has 10 heteroatoms. The fraction of sp³-hybridized carbons (Fsp3) is 0.909. The molecule has 0 spiro atoms. The van der Waals surface area contributed by atoms with E-state index in [0.717, 1.165) is 117 Å². The van der Waals surface area contributed by atoms with Gasteiger partial charge in [0.1, 0.15) is 11.2 Å². The summed E-state index contributed by atoms with van der Waals surface area (Å²) in [6, 6.07) is 0.361. The number of fused-ring (bicyclic) bond motifs is 5. The molecule has 0 aromatic heterocycles. The predicted octanol–water partition coefficient (Wildman–Crippen LogP) is 15.2. The summed E-state index contributed by atoms with van der Waals surface area (Å²) in [7, 11) is 4.12. The summed E-state index contributed by atoms with van der Waals surface area (Å²) in [6.07, 6.45) is 25.9. The highest BCUT2D eigenvalue weighted by Crippen LogP contribution is 2.68. The third-order valence-electron chi connectivity index (χ3n) is 16.7. The molecule has 11 atom stereocenters. The number of nitrogens with one attached hydrogen (secondary N) is 2. The Bertz CT molecular complexity index is 1540. The number of hydrogen-bond acceptors (Lipinski definition) is 7. The van der Waals surface area contributed by atoms with Gasteiger partial charge >= 0.3 is 6.09 Å². The fourth-order valence-corrected chi connectivity index (χ4v) is 15.7. The molecule has 3 fully saturated rings. The quantitative estimate of drug-likeness (QED) is 0.0290. The van der Waals surface area contributed by atoms with Crippen molar-refractivity contribution in [3.8, 4) is 0 Å². The second kappa shape index (κ2) is 25.3. The molecule has 2 unspecified atom stereocenters. The lowest BCUT2D eigenvalue weighted by Crippen LogP contribution is -2.50. The minimum atomic E-state index is -0.483. The summed E-state index contributed by atoms with van der Waals surface area (Å²) in [5, 5.41) is 12.9. The molecule has 0 saturated heterocycles. The summed E-state index contributed by atoms with van der Waals surface area (Å²) in [6.45, 7) is 32.8. The van der Waals surface area contributed by atoms with E-state index in [1.807, 2.05) is 52.3 Å². The lowest BCUT2D eigenvalue weighted by Gasteiger charge is -2.58. The van der Waals surface area contributed by atoms with Crippen molar-refractivity contribution in [1.29, 1.82) is 5.41 Å². The summed E-state index contributed by atoms with van der Waals surface area (Å²) in [4.78, 5) is 19.1. The Morgan fingerprint density at radius 2 is 1.58 bits per heavy atom. The van der Waals surface area contributed by atoms with Gasteiger partial charge in [0.15, 0.2) is 0 Å². The molecule has 0 bridgehead atoms. The highest BCUT2D eigenvalue weighted by Gasteiger charge is 2.59. The maximum absolute atomic E-state index is 12.1. The van der Waals surface area contributed by atoms with Crippen LogP contribution in [0.25, 0.3) is 0 Å². The number of carbonyl (C=O) groups excluding carboxylic acids is 1. The van der Waals surface area contributed by atoms with E-state index in [1.165, 1.54) is 70.6 Å². The Hall–Kier alpha value is -1.55. The van der Waals surface area contributed by atoms with Crippen molar-refractivity contribution in [1.82, 2.24) is 10.2 Å². The minimum Gasteiger partial charge on any atom is -0.460 e. The maximum atomic E-state index is 12.1. The van der Waals surface area contributed by atoms with Crippen LogP contribution < -0.4 is 11.1 Å². The lowest BCUT2D eigenvalue weighted by molar-refractivity contribution is -0.0500. The number of carbonyl (C=O) groups is 1. The molecule has 0 aromatic carbocycles. The largest absolute Gasteiger partial charge is 0.460 e. The van der Waals surface area contributed by atoms with Gasteiger partial charge < -0.3 is 25.4 Å². The number of unbranched alkanes of at least 4 members (excludes halogenated alkanes) is 4. The third-order valence-corrected chi connectivity index (χ3v) is 19.6. The highest BCUT2D eigenvalue weighted by atomic mass is 33.1. The summed E-state index contributed by atoms with van der Waals surface area (Å²) in [5.74, 6) is 7.87. The van der Waals surface area contributed by atoms with Crippen molar-refractivity contribution in [2.24, 2.45) is 63.0 Å². The molecule has 4 aliphatic carbocycles. The zero-order chi connectivity index (χ0) is 48.2. The van der Waals surface area contributed by atoms with E-state index < -0.39 is 5.60 Å². The first kappa shape index (κ1) is 56.0. The number of alkyl carbamates (subject to hydrolysis) is 1. The molecule has 8 nitrogen and oxygen atoms in total. The van der Waals surface area contributed by atoms with Crippen molar-refractivity contribution >= 4 is 39.5 Å². The van der Waals surface area contributed by atoms with Crippen LogP contribution in [0.15, 0.2) is 16.6 Å². The second-order valence-electron chi connectivity index (χ2n) is 24.3. The Labute approximate surface area is 408 Å². The van der Waals surface area contributed by atoms with Crippen LogP contribution in [0, 0.1) is 57.7 Å². The SMILES string of the molecule is CC[C@H](CC[C@@H](C)[C@H]1CC[C@H]2[C@@H]3CC=C4C[C@@H](SSCCC(=N)N(CCCCCCCC(C)NC(=O)OC(C)(C)C)CCC(C)N=C(N)OC(C)(C)C)CC[C@]4(C)[C@H]3CC[C@]12C)C(C)C. The normalized spacial score (nSPS) is 28.9. The molecular weight excluding hydrogens is 843 g/mol. The lowest BCUT2D eigenvalue weighted by atomic mass is 9.47. The Balaban J connectivity index is 1.24. The Morgan fingerprint density at radius 3 is 2.26 bits per heavy atom. The molecule has 1 amide bonds. The number of nitrogens with zero attached hydrogens (tertiary/aromatic N) is 2. The molecule has 65 heavy (non-hydrogen) atoms. The van der Waals surface area contributed by atoms with Crippen LogP contribution in [-0.4, -0.2) is 70.2 Å². The second-order valence-corrected chi connectivity index (χ2v) is 27.1. The van der Waals surface area contributed by atoms with Crippen LogP contribution >= 0.6 is 21.6 Å². The molecule has 0 aromatic rings. The van der Waals surface area contributed by atoms with E-state index in [9.17, 15) is 10.2 Å². The number of nitrogens with two attached hydrogens (primary N) is 1. The Kier molecular flexibility index (Phi) is 21.9. The number of amides is 1. The average molecular weight is 945 g/mol. The minimum absolute atomic E-state index is 0.0188. The Morgan fingerprint density at radius 1 is 0.892 bits per heavy atom. The topological polar surface area (TPSA) is 113 Å². The van der Waals surface area contributed by atoms with Gasteiger partial charge in [-0.3, -0.25) is 5.41 Å². The van der Waals surface area contributed by atoms with E-state index >= 15 is 0 Å². The number of allylic oxidation sites excluding steroid dienone is 2. The molecular formula is C55H101N5O3S2. The number of hydrogen-bond donors (Lipinski definition) is 3. The van der Waals surface area contributed by atoms with Crippen molar-refractivity contribution < 1.29 is 14.3 Å². The van der Waals surface area contributed by atoms with E-state index in [-0.39, 0.29) is 29.8 Å². The zero-order valence-corrected chi connectivity index (χ0v) is 46.1. The van der Waals surface area contributed by atoms with Gasteiger partial charge in [-0.15, -0.1) is 0 Å². The number of ether oxygens (including phenoxy) is 2. The molecule has 3 saturated carbocycles. The maximum Gasteiger partial charge on any atom is 0.407 e. The molecule has 0 radical (unpaired) electrons. The number of amidine groups is 2. The molecule has 4 rings (SSSR count). The van der Waals surface area contributed by atoms with Crippen LogP contribution in [0.4, 0.5) is 4.79 Å². The molecule has 0 heterocycles. The smallest absolute Gasteiger partial charge is 0.407 e. The van der Waals surface area contributed by atoms with Gasteiger partial charge in [0.2, 0.25) is 0 Å². The number of rotatable bonds is 24. The standard InChI is InChI=1S/C55H101N5O3S2/c1-15-42(38(2)3)23-22-39(4)46-26-27-47-45-25-24-43-37-44(28-32-54(43,13)48(45)29-33-55(46,47)14)65-64-36-31-49(56)60(35-30-41(6)58-50(57)62-52(7,8)9)34-20-18-16-17-19-21-40(5)59-51(61)63-53(10,11)12/h24,38-42,44-48,56H,15-23,25-37H2,1-14H3,(H2,57,58)(H,59,61)/t39-,40?,41?,42-,44+,45+,46-,47+,48+,54+,55-/m1/s1. The predicted molar refractivity (Wildman–Crippen MR) is 283 cm³/mol. The van der Waals surface area contributed by atoms with Crippen molar-refractivity contribution in [2.45, 2.75) is 247 Å². The van der Waals surface area contributed by atoms with Gasteiger partial charge in [-0.2, -0.15) is 0 Å². The molecule has 376 valence electrons. The van der Waals surface area contributed by atoms with E-state index in [1.54, 1.807) is 5.57 Å². The van der Waals surface area contributed by atoms with E-state index in [0.29, 0.717) is 16.1 Å². The summed E-state index contributed by atoms with van der Waals surface area (Å²) >= 11 is 0. The van der Waals surface area contributed by atoms with E-state index in [2.05, 4.69) is 87.5 Å². The fourth-order valence-electron chi connectivity index (χ4n) is 13.0. The van der Waals surface area contributed by atoms with Crippen LogP contribution in [0.5, 0.6) is 0 Å². The van der Waals surface area contributed by atoms with Crippen molar-refractivity contribution in [3.05, 3.63) is 11.6 Å².